The Morgan fingerprint density at radius 3 is 2.69 bits per heavy atom. The van der Waals surface area contributed by atoms with E-state index in [-0.39, 0.29) is 0 Å². The fourth-order valence-electron chi connectivity index (χ4n) is 1.67. The van der Waals surface area contributed by atoms with Crippen molar-refractivity contribution in [3.05, 3.63) is 22.4 Å². The molecule has 1 nitrogen and oxygen atoms in total. The van der Waals surface area contributed by atoms with Crippen LogP contribution in [-0.4, -0.2) is 6.54 Å². The van der Waals surface area contributed by atoms with Crippen LogP contribution < -0.4 is 5.73 Å². The molecular formula is C11H19NS. The Bertz CT molecular complexity index is 216. The van der Waals surface area contributed by atoms with Gasteiger partial charge in [-0.05, 0) is 53.6 Å². The van der Waals surface area contributed by atoms with Gasteiger partial charge in [-0.1, -0.05) is 13.8 Å². The molecule has 1 aromatic rings. The molecule has 0 spiro atoms. The van der Waals surface area contributed by atoms with Crippen LogP contribution in [0.5, 0.6) is 0 Å². The minimum Gasteiger partial charge on any atom is -0.330 e. The summed E-state index contributed by atoms with van der Waals surface area (Å²) in [5, 5.41) is 4.36. The van der Waals surface area contributed by atoms with Gasteiger partial charge >= 0.3 is 0 Å². The quantitative estimate of drug-likeness (QED) is 0.771. The van der Waals surface area contributed by atoms with Gasteiger partial charge in [0, 0.05) is 0 Å². The second-order valence-corrected chi connectivity index (χ2v) is 4.85. The van der Waals surface area contributed by atoms with Crippen molar-refractivity contribution in [1.82, 2.24) is 0 Å². The minimum absolute atomic E-state index is 0.662. The molecule has 1 atom stereocenters. The Morgan fingerprint density at radius 2 is 2.23 bits per heavy atom. The first-order valence-corrected chi connectivity index (χ1v) is 5.87. The summed E-state index contributed by atoms with van der Waals surface area (Å²) >= 11 is 1.77. The summed E-state index contributed by atoms with van der Waals surface area (Å²) in [7, 11) is 0. The summed E-state index contributed by atoms with van der Waals surface area (Å²) in [6.45, 7) is 5.33. The van der Waals surface area contributed by atoms with E-state index in [0.29, 0.717) is 5.92 Å². The molecule has 2 N–H and O–H groups in total. The normalized spacial score (nSPS) is 13.5. The molecule has 0 fully saturated rings. The van der Waals surface area contributed by atoms with E-state index in [1.807, 2.05) is 0 Å². The Balaban J connectivity index is 2.40. The molecule has 0 bridgehead atoms. The highest BCUT2D eigenvalue weighted by Crippen LogP contribution is 2.17. The molecular weight excluding hydrogens is 178 g/mol. The van der Waals surface area contributed by atoms with Crippen LogP contribution in [0, 0.1) is 11.8 Å². The van der Waals surface area contributed by atoms with Gasteiger partial charge in [0.25, 0.3) is 0 Å². The molecule has 0 amide bonds. The molecule has 74 valence electrons. The number of rotatable bonds is 5. The van der Waals surface area contributed by atoms with Crippen molar-refractivity contribution in [2.75, 3.05) is 6.54 Å². The number of thiophene rings is 1. The molecule has 1 aromatic heterocycles. The molecule has 1 unspecified atom stereocenters. The van der Waals surface area contributed by atoms with Gasteiger partial charge in [0.1, 0.15) is 0 Å². The van der Waals surface area contributed by atoms with E-state index in [0.717, 1.165) is 18.9 Å². The standard InChI is InChI=1S/C11H19NS/c1-9(2)5-11(7-12)6-10-3-4-13-8-10/h3-4,8-9,11H,5-7,12H2,1-2H3. The molecule has 0 aliphatic rings. The summed E-state index contributed by atoms with van der Waals surface area (Å²) in [6, 6.07) is 2.20. The first-order valence-electron chi connectivity index (χ1n) is 4.93. The molecule has 0 aromatic carbocycles. The highest BCUT2D eigenvalue weighted by atomic mass is 32.1. The molecule has 0 radical (unpaired) electrons. The fourth-order valence-corrected chi connectivity index (χ4v) is 2.35. The Kier molecular flexibility index (Phi) is 4.46. The number of nitrogens with two attached hydrogens (primary N) is 1. The maximum atomic E-state index is 5.74. The molecule has 0 saturated heterocycles. The predicted molar refractivity (Wildman–Crippen MR) is 60.0 cm³/mol. The van der Waals surface area contributed by atoms with Crippen molar-refractivity contribution in [3.63, 3.8) is 0 Å². The Hall–Kier alpha value is -0.340. The monoisotopic (exact) mass is 197 g/mol. The summed E-state index contributed by atoms with van der Waals surface area (Å²) in [5.74, 6) is 1.42. The third kappa shape index (κ3) is 3.92. The van der Waals surface area contributed by atoms with Gasteiger partial charge < -0.3 is 5.73 Å². The van der Waals surface area contributed by atoms with Crippen LogP contribution in [-0.2, 0) is 6.42 Å². The van der Waals surface area contributed by atoms with Gasteiger partial charge in [0.15, 0.2) is 0 Å². The van der Waals surface area contributed by atoms with Crippen LogP contribution in [0.3, 0.4) is 0 Å². The van der Waals surface area contributed by atoms with Crippen LogP contribution in [0.2, 0.25) is 0 Å². The molecule has 0 aliphatic carbocycles. The molecule has 13 heavy (non-hydrogen) atoms. The third-order valence-electron chi connectivity index (χ3n) is 2.24. The Labute approximate surface area is 85.0 Å². The average molecular weight is 197 g/mol. The lowest BCUT2D eigenvalue weighted by atomic mass is 9.92. The number of hydrogen-bond acceptors (Lipinski definition) is 2. The zero-order valence-electron chi connectivity index (χ0n) is 8.49. The van der Waals surface area contributed by atoms with E-state index in [9.17, 15) is 0 Å². The topological polar surface area (TPSA) is 26.0 Å². The van der Waals surface area contributed by atoms with Crippen LogP contribution in [0.1, 0.15) is 25.8 Å². The van der Waals surface area contributed by atoms with Crippen LogP contribution in [0.15, 0.2) is 16.8 Å². The van der Waals surface area contributed by atoms with Crippen molar-refractivity contribution in [3.8, 4) is 0 Å². The fraction of sp³-hybridized carbons (Fsp3) is 0.636. The largest absolute Gasteiger partial charge is 0.330 e. The van der Waals surface area contributed by atoms with E-state index in [2.05, 4.69) is 30.7 Å². The van der Waals surface area contributed by atoms with E-state index in [1.54, 1.807) is 11.3 Å². The van der Waals surface area contributed by atoms with Gasteiger partial charge in [-0.25, -0.2) is 0 Å². The predicted octanol–water partition coefficient (Wildman–Crippen LogP) is 2.91. The van der Waals surface area contributed by atoms with Crippen LogP contribution >= 0.6 is 11.3 Å². The third-order valence-corrected chi connectivity index (χ3v) is 2.97. The maximum absolute atomic E-state index is 5.74. The van der Waals surface area contributed by atoms with Gasteiger partial charge in [-0.2, -0.15) is 11.3 Å². The van der Waals surface area contributed by atoms with E-state index in [1.165, 1.54) is 12.0 Å². The van der Waals surface area contributed by atoms with Crippen molar-refractivity contribution in [2.24, 2.45) is 17.6 Å². The minimum atomic E-state index is 0.662. The first-order chi connectivity index (χ1) is 6.22. The lowest BCUT2D eigenvalue weighted by Gasteiger charge is -2.15. The second kappa shape index (κ2) is 5.40. The van der Waals surface area contributed by atoms with E-state index < -0.39 is 0 Å². The summed E-state index contributed by atoms with van der Waals surface area (Å²) < 4.78 is 0. The molecule has 2 heteroatoms. The van der Waals surface area contributed by atoms with Crippen molar-refractivity contribution in [1.29, 1.82) is 0 Å². The summed E-state index contributed by atoms with van der Waals surface area (Å²) in [6.07, 6.45) is 2.39. The maximum Gasteiger partial charge on any atom is -0.00456 e. The summed E-state index contributed by atoms with van der Waals surface area (Å²) in [5.41, 5.74) is 7.19. The number of hydrogen-bond donors (Lipinski definition) is 1. The highest BCUT2D eigenvalue weighted by Gasteiger charge is 2.09. The smallest absolute Gasteiger partial charge is 0.00456 e. The second-order valence-electron chi connectivity index (χ2n) is 4.07. The highest BCUT2D eigenvalue weighted by molar-refractivity contribution is 7.07. The zero-order chi connectivity index (χ0) is 9.68. The van der Waals surface area contributed by atoms with Crippen LogP contribution in [0.25, 0.3) is 0 Å². The Morgan fingerprint density at radius 1 is 1.46 bits per heavy atom. The SMILES string of the molecule is CC(C)CC(CN)Cc1ccsc1. The van der Waals surface area contributed by atoms with Gasteiger partial charge in [0.2, 0.25) is 0 Å². The first kappa shape index (κ1) is 10.7. The average Bonchev–Trinajstić information content (AvgIpc) is 2.55. The van der Waals surface area contributed by atoms with E-state index >= 15 is 0 Å². The molecule has 1 heterocycles. The van der Waals surface area contributed by atoms with Crippen molar-refractivity contribution < 1.29 is 0 Å². The lowest BCUT2D eigenvalue weighted by molar-refractivity contribution is 0.415. The lowest BCUT2D eigenvalue weighted by Crippen LogP contribution is -2.18. The zero-order valence-corrected chi connectivity index (χ0v) is 9.31. The van der Waals surface area contributed by atoms with Crippen molar-refractivity contribution in [2.45, 2.75) is 26.7 Å². The molecule has 0 aliphatic heterocycles. The summed E-state index contributed by atoms with van der Waals surface area (Å²) in [4.78, 5) is 0. The van der Waals surface area contributed by atoms with E-state index in [4.69, 9.17) is 5.73 Å². The van der Waals surface area contributed by atoms with Gasteiger partial charge in [-0.15, -0.1) is 0 Å². The molecule has 1 rings (SSSR count). The molecule has 0 saturated carbocycles. The van der Waals surface area contributed by atoms with Crippen LogP contribution in [0.4, 0.5) is 0 Å². The van der Waals surface area contributed by atoms with Crippen molar-refractivity contribution >= 4 is 11.3 Å². The van der Waals surface area contributed by atoms with Gasteiger partial charge in [-0.3, -0.25) is 0 Å². The van der Waals surface area contributed by atoms with Gasteiger partial charge in [0.05, 0.1) is 0 Å².